The number of thioether (sulfide) groups is 1. The van der Waals surface area contributed by atoms with Crippen LogP contribution in [0.15, 0.2) is 93.6 Å². The summed E-state index contributed by atoms with van der Waals surface area (Å²) in [6.07, 6.45) is 1.49. The molecule has 2 N–H and O–H groups in total. The van der Waals surface area contributed by atoms with E-state index in [0.29, 0.717) is 27.2 Å². The number of rotatable bonds is 8. The smallest absolute Gasteiger partial charge is 0.337 e. The number of carbonyl (C=O) groups is 2. The van der Waals surface area contributed by atoms with Crippen LogP contribution in [0.25, 0.3) is 5.70 Å². The molecule has 36 heavy (non-hydrogen) atoms. The zero-order valence-electron chi connectivity index (χ0n) is 19.3. The zero-order valence-corrected chi connectivity index (χ0v) is 20.9. The Hall–Kier alpha value is -3.93. The molecule has 1 atom stereocenters. The second kappa shape index (κ2) is 11.7. The number of furan rings is 1. The van der Waals surface area contributed by atoms with Crippen molar-refractivity contribution in [3.05, 3.63) is 106 Å². The van der Waals surface area contributed by atoms with Crippen LogP contribution in [0.2, 0.25) is 5.02 Å². The Kier molecular flexibility index (Phi) is 8.16. The third-order valence-corrected chi connectivity index (χ3v) is 6.58. The lowest BCUT2D eigenvalue weighted by atomic mass is 9.84. The average Bonchev–Trinajstić information content (AvgIpc) is 3.43. The summed E-state index contributed by atoms with van der Waals surface area (Å²) >= 11 is 7.08. The maximum Gasteiger partial charge on any atom is 0.337 e. The SMILES string of the molecule is CCOC(=O)C1=C(c2ccccc2)NC(SCC(=O)Nc2ccc(Cl)cc2)=C(C#N)C1c1ccco1. The number of esters is 1. The predicted molar refractivity (Wildman–Crippen MR) is 140 cm³/mol. The molecule has 0 radical (unpaired) electrons. The van der Waals surface area contributed by atoms with Crippen molar-refractivity contribution in [1.82, 2.24) is 5.32 Å². The van der Waals surface area contributed by atoms with E-state index in [0.717, 1.165) is 5.56 Å². The van der Waals surface area contributed by atoms with Crippen molar-refractivity contribution in [2.24, 2.45) is 0 Å². The highest BCUT2D eigenvalue weighted by molar-refractivity contribution is 8.03. The first-order valence-electron chi connectivity index (χ1n) is 11.1. The molecular weight excluding hydrogens is 498 g/mol. The Bertz CT molecular complexity index is 1340. The van der Waals surface area contributed by atoms with Crippen LogP contribution in [-0.4, -0.2) is 24.2 Å². The van der Waals surface area contributed by atoms with E-state index in [9.17, 15) is 14.9 Å². The van der Waals surface area contributed by atoms with Crippen LogP contribution in [0.3, 0.4) is 0 Å². The van der Waals surface area contributed by atoms with Gasteiger partial charge in [-0.15, -0.1) is 0 Å². The largest absolute Gasteiger partial charge is 0.468 e. The Balaban J connectivity index is 1.70. The minimum atomic E-state index is -0.803. The molecule has 0 saturated heterocycles. The Morgan fingerprint density at radius 3 is 2.53 bits per heavy atom. The highest BCUT2D eigenvalue weighted by Crippen LogP contribution is 2.43. The average molecular weight is 520 g/mol. The first kappa shape index (κ1) is 25.2. The van der Waals surface area contributed by atoms with Crippen molar-refractivity contribution in [3.8, 4) is 6.07 Å². The van der Waals surface area contributed by atoms with Gasteiger partial charge >= 0.3 is 5.97 Å². The number of hydrogen-bond donors (Lipinski definition) is 2. The number of nitrogens with one attached hydrogen (secondary N) is 2. The summed E-state index contributed by atoms with van der Waals surface area (Å²) in [5.41, 5.74) is 2.37. The Labute approximate surface area is 217 Å². The normalized spacial score (nSPS) is 15.2. The number of carbonyl (C=O) groups excluding carboxylic acids is 2. The number of halogens is 1. The maximum atomic E-state index is 13.2. The topological polar surface area (TPSA) is 104 Å². The van der Waals surface area contributed by atoms with Gasteiger partial charge in [-0.2, -0.15) is 5.26 Å². The molecule has 1 aromatic heterocycles. The molecule has 7 nitrogen and oxygen atoms in total. The van der Waals surface area contributed by atoms with Crippen LogP contribution in [0, 0.1) is 11.3 Å². The van der Waals surface area contributed by atoms with E-state index in [-0.39, 0.29) is 29.4 Å². The van der Waals surface area contributed by atoms with E-state index in [4.69, 9.17) is 20.8 Å². The summed E-state index contributed by atoms with van der Waals surface area (Å²) in [6, 6.07) is 21.7. The summed E-state index contributed by atoms with van der Waals surface area (Å²) in [5, 5.41) is 17.2. The van der Waals surface area contributed by atoms with Crippen LogP contribution >= 0.6 is 23.4 Å². The third-order valence-electron chi connectivity index (χ3n) is 5.31. The van der Waals surface area contributed by atoms with Gasteiger partial charge in [0.05, 0.1) is 52.5 Å². The molecule has 0 aliphatic carbocycles. The van der Waals surface area contributed by atoms with E-state index < -0.39 is 11.9 Å². The van der Waals surface area contributed by atoms with E-state index in [1.807, 2.05) is 30.3 Å². The molecule has 1 amide bonds. The summed E-state index contributed by atoms with van der Waals surface area (Å²) in [4.78, 5) is 25.8. The van der Waals surface area contributed by atoms with Gasteiger partial charge in [0.25, 0.3) is 0 Å². The summed E-state index contributed by atoms with van der Waals surface area (Å²) in [7, 11) is 0. The van der Waals surface area contributed by atoms with Gasteiger partial charge in [0, 0.05) is 10.7 Å². The second-order valence-corrected chi connectivity index (χ2v) is 9.07. The quantitative estimate of drug-likeness (QED) is 0.368. The fraction of sp³-hybridized carbons (Fsp3) is 0.148. The molecule has 2 heterocycles. The maximum absolute atomic E-state index is 13.2. The Morgan fingerprint density at radius 2 is 1.89 bits per heavy atom. The summed E-state index contributed by atoms with van der Waals surface area (Å²) < 4.78 is 11.0. The number of benzene rings is 2. The number of allylic oxidation sites excluding steroid dienone is 1. The van der Waals surface area contributed by atoms with Crippen LogP contribution < -0.4 is 10.6 Å². The lowest BCUT2D eigenvalue weighted by molar-refractivity contribution is -0.138. The van der Waals surface area contributed by atoms with Gasteiger partial charge in [-0.1, -0.05) is 53.7 Å². The molecule has 1 aliphatic rings. The number of nitrogens with zero attached hydrogens (tertiary/aromatic N) is 1. The van der Waals surface area contributed by atoms with E-state index in [2.05, 4.69) is 16.7 Å². The number of hydrogen-bond acceptors (Lipinski definition) is 7. The molecule has 9 heteroatoms. The molecule has 3 aromatic rings. The number of anilines is 1. The monoisotopic (exact) mass is 519 g/mol. The van der Waals surface area contributed by atoms with Crippen molar-refractivity contribution in [1.29, 1.82) is 5.26 Å². The predicted octanol–water partition coefficient (Wildman–Crippen LogP) is 5.70. The standard InChI is InChI=1S/C27H22ClN3O4S/c1-2-34-27(33)24-23(21-9-6-14-35-21)20(15-29)26(31-25(24)17-7-4-3-5-8-17)36-16-22(32)30-19-12-10-18(28)11-13-19/h3-14,23,31H,2,16H2,1H3,(H,30,32). The van der Waals surface area contributed by atoms with Crippen molar-refractivity contribution in [3.63, 3.8) is 0 Å². The molecule has 182 valence electrons. The van der Waals surface area contributed by atoms with Gasteiger partial charge in [-0.05, 0) is 48.9 Å². The minimum Gasteiger partial charge on any atom is -0.468 e. The highest BCUT2D eigenvalue weighted by atomic mass is 35.5. The van der Waals surface area contributed by atoms with Gasteiger partial charge in [0.2, 0.25) is 5.91 Å². The molecule has 2 aromatic carbocycles. The molecule has 1 aliphatic heterocycles. The minimum absolute atomic E-state index is 0.0256. The number of nitriles is 1. The van der Waals surface area contributed by atoms with E-state index >= 15 is 0 Å². The summed E-state index contributed by atoms with van der Waals surface area (Å²) in [6.45, 7) is 1.90. The van der Waals surface area contributed by atoms with Crippen LogP contribution in [0.4, 0.5) is 5.69 Å². The second-order valence-electron chi connectivity index (χ2n) is 7.65. The van der Waals surface area contributed by atoms with Gasteiger partial charge in [-0.25, -0.2) is 4.79 Å². The van der Waals surface area contributed by atoms with Crippen LogP contribution in [0.5, 0.6) is 0 Å². The Morgan fingerprint density at radius 1 is 1.14 bits per heavy atom. The summed E-state index contributed by atoms with van der Waals surface area (Å²) in [5.74, 6) is -1.17. The lowest BCUT2D eigenvalue weighted by Crippen LogP contribution is -2.29. The molecule has 4 rings (SSSR count). The van der Waals surface area contributed by atoms with Gasteiger partial charge < -0.3 is 19.8 Å². The molecule has 0 bridgehead atoms. The highest BCUT2D eigenvalue weighted by Gasteiger charge is 2.38. The van der Waals surface area contributed by atoms with E-state index in [1.54, 1.807) is 43.3 Å². The van der Waals surface area contributed by atoms with Gasteiger partial charge in [0.1, 0.15) is 5.76 Å². The molecule has 0 spiro atoms. The number of dihydropyridines is 1. The third kappa shape index (κ3) is 5.65. The van der Waals surface area contributed by atoms with Crippen LogP contribution in [0.1, 0.15) is 24.2 Å². The van der Waals surface area contributed by atoms with Crippen molar-refractivity contribution in [2.45, 2.75) is 12.8 Å². The van der Waals surface area contributed by atoms with E-state index in [1.165, 1.54) is 18.0 Å². The molecular formula is C27H22ClN3O4S. The first-order chi connectivity index (χ1) is 17.5. The fourth-order valence-electron chi connectivity index (χ4n) is 3.77. The van der Waals surface area contributed by atoms with Gasteiger partial charge in [0.15, 0.2) is 0 Å². The van der Waals surface area contributed by atoms with Crippen molar-refractivity contribution in [2.75, 3.05) is 17.7 Å². The van der Waals surface area contributed by atoms with Gasteiger partial charge in [-0.3, -0.25) is 4.79 Å². The number of ether oxygens (including phenoxy) is 1. The molecule has 0 fully saturated rings. The number of amides is 1. The zero-order chi connectivity index (χ0) is 25.5. The molecule has 1 unspecified atom stereocenters. The van der Waals surface area contributed by atoms with Crippen LogP contribution in [-0.2, 0) is 14.3 Å². The lowest BCUT2D eigenvalue weighted by Gasteiger charge is -2.29. The van der Waals surface area contributed by atoms with Crippen molar-refractivity contribution >= 4 is 46.6 Å². The van der Waals surface area contributed by atoms with Crippen molar-refractivity contribution < 1.29 is 18.7 Å². The molecule has 0 saturated carbocycles. The first-order valence-corrected chi connectivity index (χ1v) is 12.5. The fourth-order valence-corrected chi connectivity index (χ4v) is 4.73.